The van der Waals surface area contributed by atoms with Crippen LogP contribution in [0.3, 0.4) is 0 Å². The molecule has 1 aromatic carbocycles. The van der Waals surface area contributed by atoms with Gasteiger partial charge in [0.15, 0.2) is 17.8 Å². The zero-order valence-corrected chi connectivity index (χ0v) is 11.8. The van der Waals surface area contributed by atoms with Crippen molar-refractivity contribution in [1.82, 2.24) is 0 Å². The molecule has 0 saturated heterocycles. The number of rotatable bonds is 5. The predicted molar refractivity (Wildman–Crippen MR) is 69.5 cm³/mol. The summed E-state index contributed by atoms with van der Waals surface area (Å²) in [6, 6.07) is 1.61. The molecule has 0 radical (unpaired) electrons. The van der Waals surface area contributed by atoms with E-state index in [9.17, 15) is 4.79 Å². The maximum atomic E-state index is 10.8. The van der Waals surface area contributed by atoms with E-state index in [2.05, 4.69) is 38.4 Å². The van der Waals surface area contributed by atoms with Gasteiger partial charge in [-0.1, -0.05) is 12.7 Å². The lowest BCUT2D eigenvalue weighted by Crippen LogP contribution is -1.99. The summed E-state index contributed by atoms with van der Waals surface area (Å²) in [4.78, 5) is 10.8. The van der Waals surface area contributed by atoms with E-state index in [0.717, 1.165) is 6.29 Å². The highest BCUT2D eigenvalue weighted by Gasteiger charge is 2.16. The molecule has 0 aliphatic rings. The number of benzene rings is 1. The van der Waals surface area contributed by atoms with Crippen LogP contribution in [0.4, 0.5) is 0 Å². The minimum Gasteiger partial charge on any atom is -0.493 e. The highest BCUT2D eigenvalue weighted by Crippen LogP contribution is 2.42. The predicted octanol–water partition coefficient (Wildman–Crippen LogP) is 3.60. The normalized spacial score (nSPS) is 9.69. The first kappa shape index (κ1) is 13.3. The van der Waals surface area contributed by atoms with Crippen molar-refractivity contribution in [3.63, 3.8) is 0 Å². The second kappa shape index (κ2) is 6.06. The highest BCUT2D eigenvalue weighted by atomic mass is 79.9. The van der Waals surface area contributed by atoms with E-state index in [4.69, 9.17) is 9.47 Å². The van der Waals surface area contributed by atoms with Gasteiger partial charge in [0.05, 0.1) is 11.6 Å². The van der Waals surface area contributed by atoms with Crippen molar-refractivity contribution in [3.8, 4) is 11.5 Å². The smallest absolute Gasteiger partial charge is 0.176 e. The summed E-state index contributed by atoms with van der Waals surface area (Å²) in [5.41, 5.74) is 0.495. The summed E-state index contributed by atoms with van der Waals surface area (Å²) in [7, 11) is 1.52. The fourth-order valence-corrected chi connectivity index (χ4v) is 2.05. The van der Waals surface area contributed by atoms with Gasteiger partial charge < -0.3 is 9.47 Å². The zero-order chi connectivity index (χ0) is 12.1. The van der Waals surface area contributed by atoms with Crippen LogP contribution < -0.4 is 9.47 Å². The molecule has 0 fully saturated rings. The largest absolute Gasteiger partial charge is 0.493 e. The van der Waals surface area contributed by atoms with Gasteiger partial charge in [0.1, 0.15) is 6.61 Å². The lowest BCUT2D eigenvalue weighted by molar-refractivity contribution is 0.112. The van der Waals surface area contributed by atoms with Crippen LogP contribution in [0.5, 0.6) is 11.5 Å². The molecule has 5 heteroatoms. The van der Waals surface area contributed by atoms with Gasteiger partial charge in [0.2, 0.25) is 0 Å². The van der Waals surface area contributed by atoms with Gasteiger partial charge in [-0.2, -0.15) is 0 Å². The molecule has 0 spiro atoms. The molecule has 0 atom stereocenters. The van der Waals surface area contributed by atoms with Crippen LogP contribution in [0.1, 0.15) is 10.4 Å². The van der Waals surface area contributed by atoms with Gasteiger partial charge in [-0.25, -0.2) is 0 Å². The molecule has 0 saturated carbocycles. The van der Waals surface area contributed by atoms with Gasteiger partial charge in [-0.05, 0) is 37.9 Å². The lowest BCUT2D eigenvalue weighted by atomic mass is 10.2. The van der Waals surface area contributed by atoms with Crippen molar-refractivity contribution < 1.29 is 14.3 Å². The quantitative estimate of drug-likeness (QED) is 0.602. The molecular weight excluding hydrogens is 340 g/mol. The fraction of sp³-hybridized carbons (Fsp3) is 0.182. The number of hydrogen-bond donors (Lipinski definition) is 0. The molecule has 0 heterocycles. The SMILES string of the molecule is C=CCOc1c(OC)cc(C=O)c(Br)c1Br. The molecule has 0 aromatic heterocycles. The highest BCUT2D eigenvalue weighted by molar-refractivity contribution is 9.13. The Morgan fingerprint density at radius 2 is 2.12 bits per heavy atom. The number of halogens is 2. The summed E-state index contributed by atoms with van der Waals surface area (Å²) in [6.07, 6.45) is 2.38. The molecular formula is C11H10Br2O3. The van der Waals surface area contributed by atoms with Crippen LogP contribution in [0, 0.1) is 0 Å². The molecule has 86 valence electrons. The van der Waals surface area contributed by atoms with E-state index in [0.29, 0.717) is 32.6 Å². The maximum Gasteiger partial charge on any atom is 0.176 e. The monoisotopic (exact) mass is 348 g/mol. The Labute approximate surface area is 111 Å². The van der Waals surface area contributed by atoms with E-state index >= 15 is 0 Å². The number of ether oxygens (including phenoxy) is 2. The van der Waals surface area contributed by atoms with Crippen LogP contribution in [-0.2, 0) is 0 Å². The Bertz CT molecular complexity index is 416. The average molecular weight is 350 g/mol. The zero-order valence-electron chi connectivity index (χ0n) is 8.63. The number of hydrogen-bond acceptors (Lipinski definition) is 3. The van der Waals surface area contributed by atoms with Gasteiger partial charge in [-0.15, -0.1) is 0 Å². The third-order valence-corrected chi connectivity index (χ3v) is 3.99. The molecule has 0 N–H and O–H groups in total. The van der Waals surface area contributed by atoms with Crippen molar-refractivity contribution in [1.29, 1.82) is 0 Å². The molecule has 0 unspecified atom stereocenters. The Balaban J connectivity index is 3.28. The van der Waals surface area contributed by atoms with Gasteiger partial charge in [0, 0.05) is 10.0 Å². The van der Waals surface area contributed by atoms with E-state index in [1.165, 1.54) is 7.11 Å². The van der Waals surface area contributed by atoms with Gasteiger partial charge >= 0.3 is 0 Å². The van der Waals surface area contributed by atoms with Crippen molar-refractivity contribution in [2.75, 3.05) is 13.7 Å². The summed E-state index contributed by atoms with van der Waals surface area (Å²) >= 11 is 6.66. The fourth-order valence-electron chi connectivity index (χ4n) is 1.12. The Morgan fingerprint density at radius 1 is 1.44 bits per heavy atom. The van der Waals surface area contributed by atoms with Crippen LogP contribution in [0.2, 0.25) is 0 Å². The summed E-state index contributed by atoms with van der Waals surface area (Å²) in [6.45, 7) is 3.93. The molecule has 0 bridgehead atoms. The third kappa shape index (κ3) is 2.65. The summed E-state index contributed by atoms with van der Waals surface area (Å²) in [5.74, 6) is 1.04. The van der Waals surface area contributed by atoms with E-state index in [-0.39, 0.29) is 0 Å². The molecule has 16 heavy (non-hydrogen) atoms. The van der Waals surface area contributed by atoms with E-state index < -0.39 is 0 Å². The van der Waals surface area contributed by atoms with E-state index in [1.54, 1.807) is 12.1 Å². The summed E-state index contributed by atoms with van der Waals surface area (Å²) in [5, 5.41) is 0. The maximum absolute atomic E-state index is 10.8. The molecule has 3 nitrogen and oxygen atoms in total. The van der Waals surface area contributed by atoms with Crippen molar-refractivity contribution in [2.45, 2.75) is 0 Å². The lowest BCUT2D eigenvalue weighted by Gasteiger charge is -2.13. The number of methoxy groups -OCH3 is 1. The molecule has 0 amide bonds. The van der Waals surface area contributed by atoms with Crippen LogP contribution in [-0.4, -0.2) is 20.0 Å². The average Bonchev–Trinajstić information content (AvgIpc) is 2.31. The first-order valence-corrected chi connectivity index (χ1v) is 5.99. The van der Waals surface area contributed by atoms with Crippen LogP contribution >= 0.6 is 31.9 Å². The Morgan fingerprint density at radius 3 is 2.62 bits per heavy atom. The molecule has 1 aromatic rings. The Hall–Kier alpha value is -0.810. The van der Waals surface area contributed by atoms with Crippen molar-refractivity contribution in [2.24, 2.45) is 0 Å². The first-order valence-electron chi connectivity index (χ1n) is 4.40. The van der Waals surface area contributed by atoms with Crippen molar-refractivity contribution in [3.05, 3.63) is 33.2 Å². The minimum absolute atomic E-state index is 0.363. The second-order valence-corrected chi connectivity index (χ2v) is 4.43. The number of carbonyl (C=O) groups excluding carboxylic acids is 1. The number of aldehydes is 1. The second-order valence-electron chi connectivity index (χ2n) is 2.84. The standard InChI is InChI=1S/C11H10Br2O3/c1-3-4-16-11-8(15-2)5-7(6-14)9(12)10(11)13/h3,5-6H,1,4H2,2H3. The van der Waals surface area contributed by atoms with Gasteiger partial charge in [-0.3, -0.25) is 4.79 Å². The topological polar surface area (TPSA) is 35.5 Å². The van der Waals surface area contributed by atoms with E-state index in [1.807, 2.05) is 0 Å². The molecule has 0 aliphatic heterocycles. The van der Waals surface area contributed by atoms with Crippen LogP contribution in [0.15, 0.2) is 27.7 Å². The van der Waals surface area contributed by atoms with Crippen molar-refractivity contribution >= 4 is 38.1 Å². The minimum atomic E-state index is 0.363. The third-order valence-electron chi connectivity index (χ3n) is 1.85. The summed E-state index contributed by atoms with van der Waals surface area (Å²) < 4.78 is 11.9. The first-order chi connectivity index (χ1) is 7.65. The van der Waals surface area contributed by atoms with Gasteiger partial charge in [0.25, 0.3) is 0 Å². The molecule has 0 aliphatic carbocycles. The Kier molecular flexibility index (Phi) is 5.02. The molecule has 1 rings (SSSR count). The number of carbonyl (C=O) groups is 1. The van der Waals surface area contributed by atoms with Crippen LogP contribution in [0.25, 0.3) is 0 Å².